The zero-order chi connectivity index (χ0) is 11.4. The molecule has 1 unspecified atom stereocenters. The zero-order valence-corrected chi connectivity index (χ0v) is 8.97. The molecule has 1 aromatic heterocycles. The molecule has 0 N–H and O–H groups in total. The lowest BCUT2D eigenvalue weighted by molar-refractivity contribution is -0.109. The van der Waals surface area contributed by atoms with Crippen molar-refractivity contribution in [1.29, 1.82) is 5.26 Å². The van der Waals surface area contributed by atoms with Gasteiger partial charge in [-0.25, -0.2) is 4.98 Å². The number of carbonyl (C=O) groups excluding carboxylic acids is 1. The van der Waals surface area contributed by atoms with Crippen molar-refractivity contribution in [3.05, 3.63) is 23.9 Å². The monoisotopic (exact) mass is 215 g/mol. The van der Waals surface area contributed by atoms with E-state index in [4.69, 9.17) is 5.26 Å². The third kappa shape index (κ3) is 1.89. The molecule has 0 aliphatic carbocycles. The van der Waals surface area contributed by atoms with Gasteiger partial charge in [0.2, 0.25) is 0 Å². The van der Waals surface area contributed by atoms with Crippen molar-refractivity contribution in [2.45, 2.75) is 25.3 Å². The van der Waals surface area contributed by atoms with Gasteiger partial charge in [-0.2, -0.15) is 5.26 Å². The molecule has 1 fully saturated rings. The van der Waals surface area contributed by atoms with Crippen molar-refractivity contribution < 1.29 is 4.79 Å². The molecule has 4 nitrogen and oxygen atoms in total. The van der Waals surface area contributed by atoms with Crippen molar-refractivity contribution in [3.8, 4) is 6.07 Å². The van der Waals surface area contributed by atoms with Gasteiger partial charge in [-0.05, 0) is 31.4 Å². The van der Waals surface area contributed by atoms with Crippen LogP contribution in [-0.2, 0) is 4.79 Å². The third-order valence-electron chi connectivity index (χ3n) is 2.89. The largest absolute Gasteiger partial charge is 0.346 e. The van der Waals surface area contributed by atoms with E-state index in [0.29, 0.717) is 11.4 Å². The average Bonchev–Trinajstić information content (AvgIpc) is 2.38. The fraction of sp³-hybridized carbons (Fsp3) is 0.417. The van der Waals surface area contributed by atoms with Crippen LogP contribution in [0.4, 0.5) is 5.82 Å². The molecule has 1 saturated heterocycles. The molecular weight excluding hydrogens is 202 g/mol. The average molecular weight is 215 g/mol. The first-order chi connectivity index (χ1) is 7.86. The number of nitriles is 1. The van der Waals surface area contributed by atoms with Gasteiger partial charge < -0.3 is 9.69 Å². The highest BCUT2D eigenvalue weighted by atomic mass is 16.1. The maximum Gasteiger partial charge on any atom is 0.147 e. The first kappa shape index (κ1) is 10.6. The molecule has 0 bridgehead atoms. The summed E-state index contributed by atoms with van der Waals surface area (Å²) in [6.45, 7) is 0.801. The number of hydrogen-bond donors (Lipinski definition) is 0. The number of carbonyl (C=O) groups is 1. The lowest BCUT2D eigenvalue weighted by Crippen LogP contribution is -2.41. The fourth-order valence-corrected chi connectivity index (χ4v) is 2.07. The Labute approximate surface area is 94.5 Å². The van der Waals surface area contributed by atoms with Crippen LogP contribution < -0.4 is 4.90 Å². The fourth-order valence-electron chi connectivity index (χ4n) is 2.07. The van der Waals surface area contributed by atoms with Crippen LogP contribution in [0, 0.1) is 11.3 Å². The van der Waals surface area contributed by atoms with E-state index in [2.05, 4.69) is 11.1 Å². The van der Waals surface area contributed by atoms with Crippen LogP contribution in [-0.4, -0.2) is 23.9 Å². The van der Waals surface area contributed by atoms with Crippen LogP contribution in [0.2, 0.25) is 0 Å². The van der Waals surface area contributed by atoms with Crippen LogP contribution in [0.1, 0.15) is 24.8 Å². The van der Waals surface area contributed by atoms with E-state index in [9.17, 15) is 4.79 Å². The van der Waals surface area contributed by atoms with Gasteiger partial charge in [0.15, 0.2) is 0 Å². The van der Waals surface area contributed by atoms with Gasteiger partial charge in [-0.1, -0.05) is 0 Å². The van der Waals surface area contributed by atoms with Crippen LogP contribution >= 0.6 is 0 Å². The Kier molecular flexibility index (Phi) is 3.16. The normalized spacial score (nSPS) is 20.2. The smallest absolute Gasteiger partial charge is 0.147 e. The summed E-state index contributed by atoms with van der Waals surface area (Å²) >= 11 is 0. The SMILES string of the molecule is N#Cc1cccnc1N1CCCCC1C=O. The maximum absolute atomic E-state index is 11.0. The summed E-state index contributed by atoms with van der Waals surface area (Å²) in [4.78, 5) is 17.1. The summed E-state index contributed by atoms with van der Waals surface area (Å²) < 4.78 is 0. The van der Waals surface area contributed by atoms with Crippen LogP contribution in [0.5, 0.6) is 0 Å². The zero-order valence-electron chi connectivity index (χ0n) is 8.97. The molecule has 0 spiro atoms. The van der Waals surface area contributed by atoms with Gasteiger partial charge in [0, 0.05) is 12.7 Å². The number of hydrogen-bond acceptors (Lipinski definition) is 4. The predicted octanol–water partition coefficient (Wildman–Crippen LogP) is 1.51. The Hall–Kier alpha value is -1.89. The van der Waals surface area contributed by atoms with E-state index in [1.165, 1.54) is 0 Å². The Morgan fingerprint density at radius 3 is 3.19 bits per heavy atom. The summed E-state index contributed by atoms with van der Waals surface area (Å²) in [6, 6.07) is 5.46. The molecule has 1 aliphatic heterocycles. The second-order valence-electron chi connectivity index (χ2n) is 3.88. The van der Waals surface area contributed by atoms with E-state index >= 15 is 0 Å². The first-order valence-corrected chi connectivity index (χ1v) is 5.44. The lowest BCUT2D eigenvalue weighted by atomic mass is 10.0. The highest BCUT2D eigenvalue weighted by molar-refractivity contribution is 5.67. The number of piperidine rings is 1. The Bertz CT molecular complexity index is 425. The Balaban J connectivity index is 2.34. The molecule has 1 aliphatic rings. The van der Waals surface area contributed by atoms with E-state index in [1.54, 1.807) is 18.3 Å². The van der Waals surface area contributed by atoms with Crippen molar-refractivity contribution >= 4 is 12.1 Å². The molecule has 0 radical (unpaired) electrons. The van der Waals surface area contributed by atoms with Crippen LogP contribution in [0.3, 0.4) is 0 Å². The molecular formula is C12H13N3O. The Morgan fingerprint density at radius 2 is 2.44 bits per heavy atom. The van der Waals surface area contributed by atoms with Gasteiger partial charge in [-0.15, -0.1) is 0 Å². The van der Waals surface area contributed by atoms with Crippen molar-refractivity contribution in [2.24, 2.45) is 0 Å². The number of anilines is 1. The second-order valence-corrected chi connectivity index (χ2v) is 3.88. The van der Waals surface area contributed by atoms with Gasteiger partial charge >= 0.3 is 0 Å². The van der Waals surface area contributed by atoms with Gasteiger partial charge in [0.25, 0.3) is 0 Å². The minimum absolute atomic E-state index is 0.129. The molecule has 1 aromatic rings. The summed E-state index contributed by atoms with van der Waals surface area (Å²) in [5.41, 5.74) is 0.538. The molecule has 16 heavy (non-hydrogen) atoms. The topological polar surface area (TPSA) is 57.0 Å². The highest BCUT2D eigenvalue weighted by Crippen LogP contribution is 2.24. The molecule has 4 heteroatoms. The van der Waals surface area contributed by atoms with Crippen molar-refractivity contribution in [2.75, 3.05) is 11.4 Å². The van der Waals surface area contributed by atoms with E-state index < -0.39 is 0 Å². The molecule has 0 amide bonds. The second kappa shape index (κ2) is 4.75. The first-order valence-electron chi connectivity index (χ1n) is 5.44. The summed E-state index contributed by atoms with van der Waals surface area (Å²) in [6.07, 6.45) is 5.58. The van der Waals surface area contributed by atoms with E-state index in [1.807, 2.05) is 4.90 Å². The standard InChI is InChI=1S/C12H13N3O/c13-8-10-4-3-6-14-12(10)15-7-2-1-5-11(15)9-16/h3-4,6,9,11H,1-2,5,7H2. The van der Waals surface area contributed by atoms with Crippen LogP contribution in [0.15, 0.2) is 18.3 Å². The van der Waals surface area contributed by atoms with Gasteiger partial charge in [0.1, 0.15) is 18.2 Å². The van der Waals surface area contributed by atoms with Gasteiger partial charge in [0.05, 0.1) is 11.6 Å². The summed E-state index contributed by atoms with van der Waals surface area (Å²) in [7, 11) is 0. The lowest BCUT2D eigenvalue weighted by Gasteiger charge is -2.33. The quantitative estimate of drug-likeness (QED) is 0.702. The third-order valence-corrected chi connectivity index (χ3v) is 2.89. The van der Waals surface area contributed by atoms with Crippen molar-refractivity contribution in [1.82, 2.24) is 4.98 Å². The van der Waals surface area contributed by atoms with E-state index in [-0.39, 0.29) is 6.04 Å². The molecule has 1 atom stereocenters. The summed E-state index contributed by atoms with van der Waals surface area (Å²) in [5, 5.41) is 9.00. The maximum atomic E-state index is 11.0. The molecule has 2 rings (SSSR count). The highest BCUT2D eigenvalue weighted by Gasteiger charge is 2.24. The molecule has 0 aromatic carbocycles. The van der Waals surface area contributed by atoms with Crippen LogP contribution in [0.25, 0.3) is 0 Å². The predicted molar refractivity (Wildman–Crippen MR) is 60.0 cm³/mol. The molecule has 82 valence electrons. The number of pyridine rings is 1. The van der Waals surface area contributed by atoms with Crippen molar-refractivity contribution in [3.63, 3.8) is 0 Å². The Morgan fingerprint density at radius 1 is 1.56 bits per heavy atom. The van der Waals surface area contributed by atoms with E-state index in [0.717, 1.165) is 32.1 Å². The minimum atomic E-state index is -0.129. The number of aromatic nitrogens is 1. The van der Waals surface area contributed by atoms with Gasteiger partial charge in [-0.3, -0.25) is 0 Å². The minimum Gasteiger partial charge on any atom is -0.346 e. The summed E-state index contributed by atoms with van der Waals surface area (Å²) in [5.74, 6) is 0.641. The number of rotatable bonds is 2. The molecule has 0 saturated carbocycles. The number of aldehydes is 1. The molecule has 2 heterocycles. The number of nitrogens with zero attached hydrogens (tertiary/aromatic N) is 3.